The highest BCUT2D eigenvalue weighted by Gasteiger charge is 2.18. The Hall–Kier alpha value is -1.57. The van der Waals surface area contributed by atoms with Crippen LogP contribution in [0.5, 0.6) is 0 Å². The first kappa shape index (κ1) is 15.8. The molecule has 1 aromatic heterocycles. The number of aryl methyl sites for hydroxylation is 2. The molecule has 0 saturated heterocycles. The topological polar surface area (TPSA) is 17.8 Å². The number of rotatable bonds is 5. The van der Waals surface area contributed by atoms with Crippen molar-refractivity contribution in [1.29, 1.82) is 0 Å². The van der Waals surface area contributed by atoms with Crippen molar-refractivity contribution >= 4 is 0 Å². The van der Waals surface area contributed by atoms with E-state index in [0.717, 1.165) is 12.2 Å². The summed E-state index contributed by atoms with van der Waals surface area (Å²) in [5, 5.41) is 4.54. The van der Waals surface area contributed by atoms with Gasteiger partial charge in [-0.2, -0.15) is 5.10 Å². The standard InChI is InChI=1S/C19H28N2/c1-6-7-8-16-9-10-18(19(3,4)5)17(13-16)14-21-12-11-15(2)20-21/h9-13H,6-8,14H2,1-5H3. The van der Waals surface area contributed by atoms with Gasteiger partial charge in [0.2, 0.25) is 0 Å². The molecular weight excluding hydrogens is 256 g/mol. The summed E-state index contributed by atoms with van der Waals surface area (Å²) in [7, 11) is 0. The molecule has 0 radical (unpaired) electrons. The first-order valence-electron chi connectivity index (χ1n) is 8.02. The van der Waals surface area contributed by atoms with Crippen LogP contribution in [0.3, 0.4) is 0 Å². The van der Waals surface area contributed by atoms with Crippen molar-refractivity contribution in [3.8, 4) is 0 Å². The molecule has 2 aromatic rings. The van der Waals surface area contributed by atoms with Crippen molar-refractivity contribution in [1.82, 2.24) is 9.78 Å². The molecule has 0 amide bonds. The van der Waals surface area contributed by atoms with Crippen molar-refractivity contribution in [2.75, 3.05) is 0 Å². The van der Waals surface area contributed by atoms with E-state index in [-0.39, 0.29) is 5.41 Å². The van der Waals surface area contributed by atoms with E-state index in [1.54, 1.807) is 0 Å². The van der Waals surface area contributed by atoms with E-state index in [4.69, 9.17) is 0 Å². The Morgan fingerprint density at radius 3 is 2.48 bits per heavy atom. The average Bonchev–Trinajstić information content (AvgIpc) is 2.80. The van der Waals surface area contributed by atoms with Gasteiger partial charge in [-0.05, 0) is 47.9 Å². The lowest BCUT2D eigenvalue weighted by Crippen LogP contribution is -2.16. The minimum atomic E-state index is 0.167. The third-order valence-corrected chi connectivity index (χ3v) is 3.90. The van der Waals surface area contributed by atoms with Gasteiger partial charge in [0, 0.05) is 6.20 Å². The van der Waals surface area contributed by atoms with Crippen LogP contribution >= 0.6 is 0 Å². The highest BCUT2D eigenvalue weighted by molar-refractivity contribution is 5.37. The Balaban J connectivity index is 2.33. The molecule has 0 aliphatic rings. The van der Waals surface area contributed by atoms with Gasteiger partial charge in [-0.15, -0.1) is 0 Å². The van der Waals surface area contributed by atoms with E-state index >= 15 is 0 Å². The molecule has 0 unspecified atom stereocenters. The van der Waals surface area contributed by atoms with Crippen LogP contribution in [-0.4, -0.2) is 9.78 Å². The van der Waals surface area contributed by atoms with Gasteiger partial charge in [-0.1, -0.05) is 52.3 Å². The number of nitrogens with zero attached hydrogens (tertiary/aromatic N) is 2. The predicted octanol–water partition coefficient (Wildman–Crippen LogP) is 4.88. The molecule has 0 aliphatic heterocycles. The fourth-order valence-corrected chi connectivity index (χ4v) is 2.77. The fraction of sp³-hybridized carbons (Fsp3) is 0.526. The Morgan fingerprint density at radius 1 is 1.14 bits per heavy atom. The number of benzene rings is 1. The minimum Gasteiger partial charge on any atom is -0.268 e. The maximum atomic E-state index is 4.54. The highest BCUT2D eigenvalue weighted by atomic mass is 15.3. The smallest absolute Gasteiger partial charge is 0.0662 e. The molecule has 0 spiro atoms. The van der Waals surface area contributed by atoms with Crippen LogP contribution in [0.15, 0.2) is 30.5 Å². The van der Waals surface area contributed by atoms with Crippen LogP contribution in [-0.2, 0) is 18.4 Å². The third kappa shape index (κ3) is 4.20. The zero-order valence-corrected chi connectivity index (χ0v) is 14.1. The number of hydrogen-bond acceptors (Lipinski definition) is 1. The summed E-state index contributed by atoms with van der Waals surface area (Å²) in [6, 6.07) is 9.07. The predicted molar refractivity (Wildman–Crippen MR) is 89.8 cm³/mol. The van der Waals surface area contributed by atoms with Crippen molar-refractivity contribution < 1.29 is 0 Å². The Labute approximate surface area is 129 Å². The summed E-state index contributed by atoms with van der Waals surface area (Å²) < 4.78 is 2.05. The van der Waals surface area contributed by atoms with Gasteiger partial charge in [0.15, 0.2) is 0 Å². The monoisotopic (exact) mass is 284 g/mol. The zero-order chi connectivity index (χ0) is 15.5. The first-order valence-corrected chi connectivity index (χ1v) is 8.02. The van der Waals surface area contributed by atoms with Gasteiger partial charge in [-0.3, -0.25) is 4.68 Å². The van der Waals surface area contributed by atoms with Gasteiger partial charge < -0.3 is 0 Å². The molecule has 0 fully saturated rings. The van der Waals surface area contributed by atoms with Gasteiger partial charge in [-0.25, -0.2) is 0 Å². The highest BCUT2D eigenvalue weighted by Crippen LogP contribution is 2.27. The summed E-state index contributed by atoms with van der Waals surface area (Å²) in [4.78, 5) is 0. The van der Waals surface area contributed by atoms with E-state index in [0.29, 0.717) is 0 Å². The maximum absolute atomic E-state index is 4.54. The summed E-state index contributed by atoms with van der Waals surface area (Å²) >= 11 is 0. The molecule has 2 rings (SSSR count). The normalized spacial score (nSPS) is 11.9. The molecule has 0 atom stereocenters. The van der Waals surface area contributed by atoms with E-state index < -0.39 is 0 Å². The Morgan fingerprint density at radius 2 is 1.90 bits per heavy atom. The fourth-order valence-electron chi connectivity index (χ4n) is 2.77. The summed E-state index contributed by atoms with van der Waals surface area (Å²) in [5.74, 6) is 0. The molecule has 2 heteroatoms. The number of aromatic nitrogens is 2. The third-order valence-electron chi connectivity index (χ3n) is 3.90. The zero-order valence-electron chi connectivity index (χ0n) is 14.1. The number of hydrogen-bond donors (Lipinski definition) is 0. The van der Waals surface area contributed by atoms with Crippen LogP contribution in [0.1, 0.15) is 62.9 Å². The molecule has 0 aliphatic carbocycles. The number of unbranched alkanes of at least 4 members (excludes halogenated alkanes) is 1. The van der Waals surface area contributed by atoms with Crippen molar-refractivity contribution in [2.45, 2.75) is 65.8 Å². The second-order valence-corrected chi connectivity index (χ2v) is 7.00. The van der Waals surface area contributed by atoms with Gasteiger partial charge in [0.25, 0.3) is 0 Å². The quantitative estimate of drug-likeness (QED) is 0.765. The minimum absolute atomic E-state index is 0.167. The van der Waals surface area contributed by atoms with E-state index in [2.05, 4.69) is 63.3 Å². The second-order valence-electron chi connectivity index (χ2n) is 7.00. The van der Waals surface area contributed by atoms with E-state index in [9.17, 15) is 0 Å². The van der Waals surface area contributed by atoms with Crippen molar-refractivity contribution in [2.24, 2.45) is 0 Å². The average molecular weight is 284 g/mol. The molecule has 1 heterocycles. The second kappa shape index (κ2) is 6.46. The summed E-state index contributed by atoms with van der Waals surface area (Å²) in [6.07, 6.45) is 5.75. The molecule has 1 aromatic carbocycles. The molecule has 0 bridgehead atoms. The summed E-state index contributed by atoms with van der Waals surface area (Å²) in [5.41, 5.74) is 5.52. The van der Waals surface area contributed by atoms with Gasteiger partial charge >= 0.3 is 0 Å². The van der Waals surface area contributed by atoms with Crippen molar-refractivity contribution in [3.05, 3.63) is 52.8 Å². The van der Waals surface area contributed by atoms with E-state index in [1.165, 1.54) is 36.0 Å². The van der Waals surface area contributed by atoms with Crippen LogP contribution in [0.2, 0.25) is 0 Å². The SMILES string of the molecule is CCCCc1ccc(C(C)(C)C)c(Cn2ccc(C)n2)c1. The molecule has 21 heavy (non-hydrogen) atoms. The van der Waals surface area contributed by atoms with Crippen LogP contribution in [0.4, 0.5) is 0 Å². The van der Waals surface area contributed by atoms with E-state index in [1.807, 2.05) is 11.6 Å². The lowest BCUT2D eigenvalue weighted by Gasteiger charge is -2.24. The van der Waals surface area contributed by atoms with Gasteiger partial charge in [0.1, 0.15) is 0 Å². The Bertz CT molecular complexity index is 588. The maximum Gasteiger partial charge on any atom is 0.0662 e. The summed E-state index contributed by atoms with van der Waals surface area (Å²) in [6.45, 7) is 12.0. The molecular formula is C19H28N2. The van der Waals surface area contributed by atoms with Crippen LogP contribution in [0, 0.1) is 6.92 Å². The molecule has 0 N–H and O–H groups in total. The molecule has 2 nitrogen and oxygen atoms in total. The molecule has 114 valence electrons. The van der Waals surface area contributed by atoms with Crippen molar-refractivity contribution in [3.63, 3.8) is 0 Å². The van der Waals surface area contributed by atoms with Crippen LogP contribution in [0.25, 0.3) is 0 Å². The lowest BCUT2D eigenvalue weighted by atomic mass is 9.82. The van der Waals surface area contributed by atoms with Crippen LogP contribution < -0.4 is 0 Å². The molecule has 0 saturated carbocycles. The van der Waals surface area contributed by atoms with Gasteiger partial charge in [0.05, 0.1) is 12.2 Å². The largest absolute Gasteiger partial charge is 0.268 e. The lowest BCUT2D eigenvalue weighted by molar-refractivity contribution is 0.570. The Kier molecular flexibility index (Phi) is 4.87. The first-order chi connectivity index (χ1) is 9.90.